The number of hydrogen-bond donors (Lipinski definition) is 1. The highest BCUT2D eigenvalue weighted by Gasteiger charge is 2.21. The predicted molar refractivity (Wildman–Crippen MR) is 102 cm³/mol. The molecule has 0 saturated heterocycles. The number of benzene rings is 2. The third-order valence-electron chi connectivity index (χ3n) is 4.08. The third-order valence-corrected chi connectivity index (χ3v) is 4.08. The molecule has 0 aliphatic carbocycles. The number of amides is 1. The van der Waals surface area contributed by atoms with Crippen LogP contribution < -0.4 is 19.5 Å². The van der Waals surface area contributed by atoms with Crippen LogP contribution in [-0.4, -0.2) is 50.1 Å². The van der Waals surface area contributed by atoms with Gasteiger partial charge in [0.05, 0.1) is 6.54 Å². The van der Waals surface area contributed by atoms with Crippen molar-refractivity contribution in [3.63, 3.8) is 0 Å². The molecule has 0 unspecified atom stereocenters. The third kappa shape index (κ3) is 5.97. The number of hydrogen-bond acceptors (Lipinski definition) is 7. The van der Waals surface area contributed by atoms with Crippen molar-refractivity contribution in [3.05, 3.63) is 54.1 Å². The molecule has 0 fully saturated rings. The molecule has 8 nitrogen and oxygen atoms in total. The maximum atomic E-state index is 11.9. The van der Waals surface area contributed by atoms with E-state index in [-0.39, 0.29) is 25.0 Å². The summed E-state index contributed by atoms with van der Waals surface area (Å²) in [7, 11) is 0. The van der Waals surface area contributed by atoms with E-state index >= 15 is 0 Å². The molecule has 3 rings (SSSR count). The smallest absolute Gasteiger partial charge is 0.344 e. The van der Waals surface area contributed by atoms with E-state index in [1.54, 1.807) is 30.3 Å². The number of ether oxygens (including phenoxy) is 4. The molecule has 29 heavy (non-hydrogen) atoms. The first kappa shape index (κ1) is 20.2. The van der Waals surface area contributed by atoms with Gasteiger partial charge in [-0.25, -0.2) is 4.79 Å². The number of fused-ring (bicyclic) bond motifs is 1. The summed E-state index contributed by atoms with van der Waals surface area (Å²) in [5, 5.41) is 2.64. The topological polar surface area (TPSA) is 100 Å². The van der Waals surface area contributed by atoms with Crippen molar-refractivity contribution < 1.29 is 33.3 Å². The van der Waals surface area contributed by atoms with E-state index in [0.29, 0.717) is 29.4 Å². The lowest BCUT2D eigenvalue weighted by molar-refractivity contribution is -0.150. The molecule has 0 aromatic heterocycles. The van der Waals surface area contributed by atoms with Gasteiger partial charge in [0.1, 0.15) is 18.5 Å². The predicted octanol–water partition coefficient (Wildman–Crippen LogP) is 1.77. The first-order valence-electron chi connectivity index (χ1n) is 9.06. The molecule has 2 aromatic rings. The standard InChI is InChI=1S/C21H21NO7/c1-14(23)15-6-8-16(9-7-15)26-13-21(25)28-12-20(24)22-10-17-11-27-18-4-2-3-5-19(18)29-17/h2-9,17H,10-13H2,1H3,(H,22,24)/t17-/m1/s1. The quantitative estimate of drug-likeness (QED) is 0.533. The van der Waals surface area contributed by atoms with Gasteiger partial charge in [-0.1, -0.05) is 12.1 Å². The van der Waals surface area contributed by atoms with E-state index in [4.69, 9.17) is 18.9 Å². The van der Waals surface area contributed by atoms with Gasteiger partial charge in [0, 0.05) is 5.56 Å². The minimum atomic E-state index is -0.679. The van der Waals surface area contributed by atoms with Crippen molar-refractivity contribution in [1.29, 1.82) is 0 Å². The summed E-state index contributed by atoms with van der Waals surface area (Å²) in [6.45, 7) is 1.24. The minimum Gasteiger partial charge on any atom is -0.486 e. The van der Waals surface area contributed by atoms with Crippen LogP contribution in [0.2, 0.25) is 0 Å². The van der Waals surface area contributed by atoms with Crippen LogP contribution in [0.15, 0.2) is 48.5 Å². The molecule has 1 amide bonds. The van der Waals surface area contributed by atoms with Crippen LogP contribution in [0, 0.1) is 0 Å². The van der Waals surface area contributed by atoms with Crippen LogP contribution in [0.25, 0.3) is 0 Å². The van der Waals surface area contributed by atoms with Crippen molar-refractivity contribution >= 4 is 17.7 Å². The Balaban J connectivity index is 1.33. The van der Waals surface area contributed by atoms with E-state index in [9.17, 15) is 14.4 Å². The molecule has 2 aromatic carbocycles. The summed E-state index contributed by atoms with van der Waals surface area (Å²) >= 11 is 0. The SMILES string of the molecule is CC(=O)c1ccc(OCC(=O)OCC(=O)NC[C@@H]2COc3ccccc3O2)cc1. The largest absolute Gasteiger partial charge is 0.486 e. The Kier molecular flexibility index (Phi) is 6.67. The van der Waals surface area contributed by atoms with Gasteiger partial charge in [0.2, 0.25) is 0 Å². The van der Waals surface area contributed by atoms with E-state index in [2.05, 4.69) is 5.32 Å². The second-order valence-electron chi connectivity index (χ2n) is 6.33. The molecule has 0 bridgehead atoms. The van der Waals surface area contributed by atoms with Crippen LogP contribution in [0.4, 0.5) is 0 Å². The monoisotopic (exact) mass is 399 g/mol. The second-order valence-corrected chi connectivity index (χ2v) is 6.33. The Hall–Kier alpha value is -3.55. The summed E-state index contributed by atoms with van der Waals surface area (Å²) in [5.41, 5.74) is 0.549. The van der Waals surface area contributed by atoms with Gasteiger partial charge in [0.25, 0.3) is 5.91 Å². The molecule has 0 spiro atoms. The van der Waals surface area contributed by atoms with Crippen molar-refractivity contribution in [2.75, 3.05) is 26.4 Å². The number of nitrogens with one attached hydrogen (secondary N) is 1. The number of carbonyl (C=O) groups excluding carboxylic acids is 3. The molecule has 152 valence electrons. The summed E-state index contributed by atoms with van der Waals surface area (Å²) in [6.07, 6.45) is -0.328. The van der Waals surface area contributed by atoms with Crippen molar-refractivity contribution in [3.8, 4) is 17.2 Å². The highest BCUT2D eigenvalue weighted by Crippen LogP contribution is 2.30. The van der Waals surface area contributed by atoms with E-state index < -0.39 is 18.5 Å². The Morgan fingerprint density at radius 3 is 2.48 bits per heavy atom. The van der Waals surface area contributed by atoms with Crippen LogP contribution in [-0.2, 0) is 14.3 Å². The van der Waals surface area contributed by atoms with Gasteiger partial charge in [-0.05, 0) is 43.3 Å². The summed E-state index contributed by atoms with van der Waals surface area (Å²) in [4.78, 5) is 34.8. The van der Waals surface area contributed by atoms with E-state index in [1.807, 2.05) is 18.2 Å². The van der Waals surface area contributed by atoms with Gasteiger partial charge >= 0.3 is 5.97 Å². The normalized spacial score (nSPS) is 14.6. The molecule has 0 radical (unpaired) electrons. The van der Waals surface area contributed by atoms with E-state index in [1.165, 1.54) is 6.92 Å². The lowest BCUT2D eigenvalue weighted by atomic mass is 10.1. The fraction of sp³-hybridized carbons (Fsp3) is 0.286. The second kappa shape index (κ2) is 9.59. The van der Waals surface area contributed by atoms with Gasteiger partial charge < -0.3 is 24.3 Å². The first-order valence-corrected chi connectivity index (χ1v) is 9.06. The van der Waals surface area contributed by atoms with Gasteiger partial charge in [-0.2, -0.15) is 0 Å². The fourth-order valence-corrected chi connectivity index (χ4v) is 2.56. The number of Topliss-reactive ketones (excluding diaryl/α,β-unsaturated/α-hetero) is 1. The Morgan fingerprint density at radius 1 is 1.03 bits per heavy atom. The molecular weight excluding hydrogens is 378 g/mol. The van der Waals surface area contributed by atoms with Crippen molar-refractivity contribution in [2.45, 2.75) is 13.0 Å². The molecular formula is C21H21NO7. The molecule has 1 heterocycles. The number of ketones is 1. The first-order chi connectivity index (χ1) is 14.0. The maximum Gasteiger partial charge on any atom is 0.344 e. The molecule has 1 aliphatic heterocycles. The zero-order valence-electron chi connectivity index (χ0n) is 15.9. The van der Waals surface area contributed by atoms with Gasteiger partial charge in [-0.15, -0.1) is 0 Å². The summed E-state index contributed by atoms with van der Waals surface area (Å²) in [5.74, 6) is 0.522. The zero-order chi connectivity index (χ0) is 20.6. The molecule has 1 aliphatic rings. The number of para-hydroxylation sites is 2. The van der Waals surface area contributed by atoms with Crippen LogP contribution in [0.5, 0.6) is 17.2 Å². The number of esters is 1. The van der Waals surface area contributed by atoms with Crippen LogP contribution in [0.1, 0.15) is 17.3 Å². The van der Waals surface area contributed by atoms with Gasteiger partial charge in [-0.3, -0.25) is 9.59 Å². The average molecular weight is 399 g/mol. The highest BCUT2D eigenvalue weighted by molar-refractivity contribution is 5.94. The number of rotatable bonds is 8. The maximum absolute atomic E-state index is 11.9. The highest BCUT2D eigenvalue weighted by atomic mass is 16.6. The lowest BCUT2D eigenvalue weighted by Crippen LogP contribution is -2.42. The van der Waals surface area contributed by atoms with Gasteiger partial charge in [0.15, 0.2) is 30.5 Å². The Bertz CT molecular complexity index is 879. The van der Waals surface area contributed by atoms with E-state index in [0.717, 1.165) is 0 Å². The summed E-state index contributed by atoms with van der Waals surface area (Å²) in [6, 6.07) is 13.7. The zero-order valence-corrected chi connectivity index (χ0v) is 15.9. The lowest BCUT2D eigenvalue weighted by Gasteiger charge is -2.26. The fourth-order valence-electron chi connectivity index (χ4n) is 2.56. The Labute approximate surface area is 167 Å². The summed E-state index contributed by atoms with van der Waals surface area (Å²) < 4.78 is 21.4. The Morgan fingerprint density at radius 2 is 1.76 bits per heavy atom. The molecule has 0 saturated carbocycles. The van der Waals surface area contributed by atoms with Crippen molar-refractivity contribution in [1.82, 2.24) is 5.32 Å². The molecule has 8 heteroatoms. The van der Waals surface area contributed by atoms with Crippen LogP contribution >= 0.6 is 0 Å². The van der Waals surface area contributed by atoms with Crippen LogP contribution in [0.3, 0.4) is 0 Å². The molecule has 1 N–H and O–H groups in total. The number of carbonyl (C=O) groups is 3. The minimum absolute atomic E-state index is 0.0589. The average Bonchev–Trinajstić information content (AvgIpc) is 2.75. The molecule has 1 atom stereocenters. The van der Waals surface area contributed by atoms with Crippen molar-refractivity contribution in [2.24, 2.45) is 0 Å².